The van der Waals surface area contributed by atoms with E-state index in [1.54, 1.807) is 0 Å². The van der Waals surface area contributed by atoms with Crippen LogP contribution in [0.15, 0.2) is 0 Å². The molecule has 4 nitrogen and oxygen atoms in total. The van der Waals surface area contributed by atoms with Crippen LogP contribution in [-0.4, -0.2) is 17.1 Å². The Morgan fingerprint density at radius 3 is 1.95 bits per heavy atom. The average molecular weight is 275 g/mol. The van der Waals surface area contributed by atoms with Gasteiger partial charge in [-0.15, -0.1) is 0 Å². The van der Waals surface area contributed by atoms with Gasteiger partial charge in [0, 0.05) is 6.42 Å². The lowest BCUT2D eigenvalue weighted by Gasteiger charge is -2.38. The molecule has 1 saturated carbocycles. The lowest BCUT2D eigenvalue weighted by Crippen LogP contribution is -2.40. The molecule has 0 bridgehead atoms. The highest BCUT2D eigenvalue weighted by Crippen LogP contribution is 2.38. The summed E-state index contributed by atoms with van der Waals surface area (Å²) in [6.07, 6.45) is 10.9. The number of carbonyl (C=O) groups is 1. The summed E-state index contributed by atoms with van der Waals surface area (Å²) in [4.78, 5) is 14.2. The molecule has 4 N–H and O–H groups in total. The SMILES string of the molecule is CCC(CC)(OO)C1CCCCC1.CCCC=O.N. The molecule has 19 heavy (non-hydrogen) atoms. The highest BCUT2D eigenvalue weighted by molar-refractivity contribution is 5.48. The van der Waals surface area contributed by atoms with Crippen molar-refractivity contribution >= 4 is 6.29 Å². The summed E-state index contributed by atoms with van der Waals surface area (Å²) in [6.45, 7) is 6.19. The third kappa shape index (κ3) is 7.04. The second-order valence-electron chi connectivity index (χ2n) is 5.15. The number of aldehydes is 1. The third-order valence-electron chi connectivity index (χ3n) is 4.13. The van der Waals surface area contributed by atoms with E-state index in [1.165, 1.54) is 32.1 Å². The van der Waals surface area contributed by atoms with Crippen molar-refractivity contribution in [2.75, 3.05) is 0 Å². The van der Waals surface area contributed by atoms with Crippen molar-refractivity contribution in [2.45, 2.75) is 84.2 Å². The largest absolute Gasteiger partial charge is 0.344 e. The monoisotopic (exact) mass is 275 g/mol. The highest BCUT2D eigenvalue weighted by Gasteiger charge is 2.37. The molecule has 0 heterocycles. The van der Waals surface area contributed by atoms with Gasteiger partial charge in [-0.2, -0.15) is 0 Å². The van der Waals surface area contributed by atoms with Crippen molar-refractivity contribution in [1.82, 2.24) is 6.15 Å². The molecule has 1 aliphatic carbocycles. The number of hydrogen-bond acceptors (Lipinski definition) is 4. The first-order chi connectivity index (χ1) is 8.70. The second kappa shape index (κ2) is 12.6. The topological polar surface area (TPSA) is 81.5 Å². The molecule has 0 aromatic heterocycles. The van der Waals surface area contributed by atoms with Gasteiger partial charge in [0.25, 0.3) is 0 Å². The van der Waals surface area contributed by atoms with Crippen molar-refractivity contribution in [1.29, 1.82) is 0 Å². The van der Waals surface area contributed by atoms with Crippen molar-refractivity contribution in [2.24, 2.45) is 5.92 Å². The van der Waals surface area contributed by atoms with Gasteiger partial charge >= 0.3 is 0 Å². The Labute approximate surface area is 118 Å². The van der Waals surface area contributed by atoms with Crippen molar-refractivity contribution < 1.29 is 14.9 Å². The molecule has 1 rings (SSSR count). The summed E-state index contributed by atoms with van der Waals surface area (Å²) in [6, 6.07) is 0. The van der Waals surface area contributed by atoms with Gasteiger partial charge in [-0.3, -0.25) is 5.26 Å². The Hall–Kier alpha value is -0.450. The van der Waals surface area contributed by atoms with Crippen LogP contribution in [0, 0.1) is 5.92 Å². The zero-order chi connectivity index (χ0) is 13.9. The lowest BCUT2D eigenvalue weighted by molar-refractivity contribution is -0.342. The Morgan fingerprint density at radius 1 is 1.16 bits per heavy atom. The minimum Gasteiger partial charge on any atom is -0.344 e. The first-order valence-corrected chi connectivity index (χ1v) is 7.46. The van der Waals surface area contributed by atoms with Crippen LogP contribution in [0.4, 0.5) is 0 Å². The summed E-state index contributed by atoms with van der Waals surface area (Å²) in [7, 11) is 0. The maximum atomic E-state index is 9.40. The van der Waals surface area contributed by atoms with Crippen LogP contribution in [-0.2, 0) is 9.68 Å². The fourth-order valence-electron chi connectivity index (χ4n) is 2.78. The van der Waals surface area contributed by atoms with E-state index < -0.39 is 0 Å². The van der Waals surface area contributed by atoms with E-state index in [2.05, 4.69) is 13.8 Å². The molecule has 0 radical (unpaired) electrons. The van der Waals surface area contributed by atoms with Gasteiger partial charge in [-0.1, -0.05) is 40.0 Å². The lowest BCUT2D eigenvalue weighted by atomic mass is 9.74. The fourth-order valence-corrected chi connectivity index (χ4v) is 2.78. The van der Waals surface area contributed by atoms with Crippen LogP contribution in [0.5, 0.6) is 0 Å². The smallest absolute Gasteiger partial charge is 0.119 e. The van der Waals surface area contributed by atoms with E-state index in [-0.39, 0.29) is 11.8 Å². The van der Waals surface area contributed by atoms with Crippen LogP contribution < -0.4 is 6.15 Å². The molecule has 0 aliphatic heterocycles. The molecule has 0 aromatic carbocycles. The Balaban J connectivity index is 0. The summed E-state index contributed by atoms with van der Waals surface area (Å²) in [5.41, 5.74) is -0.250. The van der Waals surface area contributed by atoms with E-state index in [0.29, 0.717) is 12.3 Å². The van der Waals surface area contributed by atoms with Crippen LogP contribution >= 0.6 is 0 Å². The van der Waals surface area contributed by atoms with Crippen molar-refractivity contribution in [3.63, 3.8) is 0 Å². The zero-order valence-corrected chi connectivity index (χ0v) is 13.0. The van der Waals surface area contributed by atoms with Gasteiger partial charge in [0.15, 0.2) is 0 Å². The zero-order valence-electron chi connectivity index (χ0n) is 13.0. The predicted molar refractivity (Wildman–Crippen MR) is 79.6 cm³/mol. The molecule has 1 aliphatic rings. The summed E-state index contributed by atoms with van der Waals surface area (Å²) in [5, 5.41) is 9.03. The molecular formula is C15H33NO3. The second-order valence-corrected chi connectivity index (χ2v) is 5.15. The molecule has 1 fully saturated rings. The van der Waals surface area contributed by atoms with Crippen LogP contribution in [0.2, 0.25) is 0 Å². The van der Waals surface area contributed by atoms with Gasteiger partial charge in [0.2, 0.25) is 0 Å². The molecule has 0 unspecified atom stereocenters. The summed E-state index contributed by atoms with van der Waals surface area (Å²) < 4.78 is 0. The molecule has 0 spiro atoms. The quantitative estimate of drug-likeness (QED) is 0.416. The van der Waals surface area contributed by atoms with Gasteiger partial charge in [-0.25, -0.2) is 4.89 Å². The van der Waals surface area contributed by atoms with E-state index >= 15 is 0 Å². The normalized spacial score (nSPS) is 16.0. The Bertz CT molecular complexity index is 191. The molecule has 0 saturated heterocycles. The third-order valence-corrected chi connectivity index (χ3v) is 4.13. The first kappa shape index (κ1) is 20.9. The van der Waals surface area contributed by atoms with Crippen molar-refractivity contribution in [3.05, 3.63) is 0 Å². The molecule has 0 aromatic rings. The fraction of sp³-hybridized carbons (Fsp3) is 0.933. The molecule has 4 heteroatoms. The van der Waals surface area contributed by atoms with E-state index in [4.69, 9.17) is 10.1 Å². The molecular weight excluding hydrogens is 242 g/mol. The Kier molecular flexibility index (Phi) is 13.8. The van der Waals surface area contributed by atoms with E-state index in [0.717, 1.165) is 25.5 Å². The predicted octanol–water partition coefficient (Wildman–Crippen LogP) is 4.76. The van der Waals surface area contributed by atoms with Gasteiger partial charge < -0.3 is 10.9 Å². The van der Waals surface area contributed by atoms with Crippen molar-refractivity contribution in [3.8, 4) is 0 Å². The standard InChI is InChI=1S/C11H22O2.C4H8O.H3N/c1-3-11(4-2,13-12)10-8-6-5-7-9-10;1-2-3-4-5;/h10,12H,3-9H2,1-2H3;4H,2-3H2,1H3;1H3. The number of carbonyl (C=O) groups excluding carboxylic acids is 1. The highest BCUT2D eigenvalue weighted by atomic mass is 17.1. The minimum atomic E-state index is -0.250. The van der Waals surface area contributed by atoms with Crippen LogP contribution in [0.1, 0.15) is 78.6 Å². The van der Waals surface area contributed by atoms with Gasteiger partial charge in [0.05, 0.1) is 0 Å². The van der Waals surface area contributed by atoms with E-state index in [9.17, 15) is 4.79 Å². The maximum absolute atomic E-state index is 9.40. The first-order valence-electron chi connectivity index (χ1n) is 7.46. The number of hydrogen-bond donors (Lipinski definition) is 2. The molecule has 0 amide bonds. The average Bonchev–Trinajstić information content (AvgIpc) is 2.44. The molecule has 116 valence electrons. The summed E-state index contributed by atoms with van der Waals surface area (Å²) in [5.74, 6) is 0.571. The minimum absolute atomic E-state index is 0. The van der Waals surface area contributed by atoms with Crippen LogP contribution in [0.3, 0.4) is 0 Å². The van der Waals surface area contributed by atoms with Crippen LogP contribution in [0.25, 0.3) is 0 Å². The number of rotatable bonds is 6. The maximum Gasteiger partial charge on any atom is 0.119 e. The Morgan fingerprint density at radius 2 is 1.68 bits per heavy atom. The van der Waals surface area contributed by atoms with E-state index in [1.807, 2.05) is 6.92 Å². The molecule has 0 atom stereocenters. The van der Waals surface area contributed by atoms with Gasteiger partial charge in [0.1, 0.15) is 11.9 Å². The van der Waals surface area contributed by atoms with Gasteiger partial charge in [-0.05, 0) is 38.0 Å². The summed E-state index contributed by atoms with van der Waals surface area (Å²) >= 11 is 0. The number of unbranched alkanes of at least 4 members (excludes halogenated alkanes) is 1.